The SMILES string of the molecule is Cc1cccc(NC(=S)NCC(=O)Nc2c(C)cccc2C)c1. The Morgan fingerprint density at radius 3 is 2.30 bits per heavy atom. The van der Waals surface area contributed by atoms with E-state index in [1.54, 1.807) is 0 Å². The zero-order chi connectivity index (χ0) is 16.8. The Morgan fingerprint density at radius 2 is 1.65 bits per heavy atom. The topological polar surface area (TPSA) is 53.2 Å². The van der Waals surface area contributed by atoms with Crippen LogP contribution in [0.15, 0.2) is 42.5 Å². The van der Waals surface area contributed by atoms with E-state index in [4.69, 9.17) is 12.2 Å². The van der Waals surface area contributed by atoms with E-state index in [-0.39, 0.29) is 12.5 Å². The minimum Gasteiger partial charge on any atom is -0.353 e. The van der Waals surface area contributed by atoms with Crippen molar-refractivity contribution in [3.63, 3.8) is 0 Å². The largest absolute Gasteiger partial charge is 0.353 e. The van der Waals surface area contributed by atoms with Gasteiger partial charge in [0.2, 0.25) is 5.91 Å². The smallest absolute Gasteiger partial charge is 0.243 e. The summed E-state index contributed by atoms with van der Waals surface area (Å²) in [6.45, 7) is 6.07. The van der Waals surface area contributed by atoms with Crippen molar-refractivity contribution in [2.45, 2.75) is 20.8 Å². The first-order valence-electron chi connectivity index (χ1n) is 7.43. The lowest BCUT2D eigenvalue weighted by atomic mass is 10.1. The zero-order valence-electron chi connectivity index (χ0n) is 13.6. The molecular formula is C18H21N3OS. The number of aryl methyl sites for hydroxylation is 3. The molecule has 2 aromatic carbocycles. The Kier molecular flexibility index (Phi) is 5.71. The summed E-state index contributed by atoms with van der Waals surface area (Å²) in [5.41, 5.74) is 4.98. The number of benzene rings is 2. The molecule has 0 heterocycles. The fourth-order valence-corrected chi connectivity index (χ4v) is 2.44. The molecule has 0 saturated heterocycles. The van der Waals surface area contributed by atoms with E-state index in [0.29, 0.717) is 5.11 Å². The van der Waals surface area contributed by atoms with Gasteiger partial charge >= 0.3 is 0 Å². The molecule has 0 unspecified atom stereocenters. The third-order valence-corrected chi connectivity index (χ3v) is 3.68. The number of carbonyl (C=O) groups excluding carboxylic acids is 1. The van der Waals surface area contributed by atoms with Gasteiger partial charge < -0.3 is 16.0 Å². The van der Waals surface area contributed by atoms with E-state index in [1.807, 2.05) is 63.2 Å². The van der Waals surface area contributed by atoms with Gasteiger partial charge in [-0.05, 0) is 61.8 Å². The third-order valence-electron chi connectivity index (χ3n) is 3.43. The molecule has 5 heteroatoms. The summed E-state index contributed by atoms with van der Waals surface area (Å²) in [5.74, 6) is -0.129. The average molecular weight is 327 g/mol. The van der Waals surface area contributed by atoms with E-state index in [2.05, 4.69) is 16.0 Å². The van der Waals surface area contributed by atoms with Crippen LogP contribution in [0.4, 0.5) is 11.4 Å². The maximum Gasteiger partial charge on any atom is 0.243 e. The van der Waals surface area contributed by atoms with Gasteiger partial charge in [0.25, 0.3) is 0 Å². The number of rotatable bonds is 4. The van der Waals surface area contributed by atoms with Crippen LogP contribution in [0, 0.1) is 20.8 Å². The van der Waals surface area contributed by atoms with Crippen LogP contribution in [-0.2, 0) is 4.79 Å². The number of anilines is 2. The molecule has 0 aromatic heterocycles. The molecule has 0 bridgehead atoms. The van der Waals surface area contributed by atoms with Crippen molar-refractivity contribution in [2.24, 2.45) is 0 Å². The van der Waals surface area contributed by atoms with Crippen molar-refractivity contribution in [1.82, 2.24) is 5.32 Å². The average Bonchev–Trinajstić information content (AvgIpc) is 2.49. The predicted molar refractivity (Wildman–Crippen MR) is 99.9 cm³/mol. The summed E-state index contributed by atoms with van der Waals surface area (Å²) in [5, 5.41) is 9.32. The molecule has 2 aromatic rings. The van der Waals surface area contributed by atoms with Crippen molar-refractivity contribution in [3.05, 3.63) is 59.2 Å². The van der Waals surface area contributed by atoms with Crippen LogP contribution in [0.5, 0.6) is 0 Å². The number of para-hydroxylation sites is 1. The summed E-state index contributed by atoms with van der Waals surface area (Å²) in [6, 6.07) is 13.8. The maximum atomic E-state index is 12.1. The molecule has 2 rings (SSSR count). The minimum atomic E-state index is -0.129. The number of hydrogen-bond acceptors (Lipinski definition) is 2. The van der Waals surface area contributed by atoms with Gasteiger partial charge in [-0.1, -0.05) is 30.3 Å². The van der Waals surface area contributed by atoms with Crippen LogP contribution in [0.25, 0.3) is 0 Å². The van der Waals surface area contributed by atoms with Crippen molar-refractivity contribution in [2.75, 3.05) is 17.2 Å². The van der Waals surface area contributed by atoms with Crippen LogP contribution >= 0.6 is 12.2 Å². The molecule has 3 N–H and O–H groups in total. The van der Waals surface area contributed by atoms with E-state index in [1.165, 1.54) is 0 Å². The second kappa shape index (κ2) is 7.74. The predicted octanol–water partition coefficient (Wildman–Crippen LogP) is 3.54. The molecule has 0 saturated carbocycles. The Hall–Kier alpha value is -2.40. The van der Waals surface area contributed by atoms with Gasteiger partial charge in [-0.15, -0.1) is 0 Å². The van der Waals surface area contributed by atoms with Gasteiger partial charge in [-0.25, -0.2) is 0 Å². The van der Waals surface area contributed by atoms with E-state index in [9.17, 15) is 4.79 Å². The molecular weight excluding hydrogens is 306 g/mol. The van der Waals surface area contributed by atoms with Crippen LogP contribution in [0.1, 0.15) is 16.7 Å². The quantitative estimate of drug-likeness (QED) is 0.752. The van der Waals surface area contributed by atoms with Gasteiger partial charge in [0, 0.05) is 11.4 Å². The first kappa shape index (κ1) is 17.0. The lowest BCUT2D eigenvalue weighted by Gasteiger charge is -2.13. The van der Waals surface area contributed by atoms with Crippen molar-refractivity contribution in [3.8, 4) is 0 Å². The fraction of sp³-hybridized carbons (Fsp3) is 0.222. The Morgan fingerprint density at radius 1 is 1.00 bits per heavy atom. The monoisotopic (exact) mass is 327 g/mol. The molecule has 23 heavy (non-hydrogen) atoms. The van der Waals surface area contributed by atoms with Crippen LogP contribution in [0.3, 0.4) is 0 Å². The highest BCUT2D eigenvalue weighted by molar-refractivity contribution is 7.80. The second-order valence-corrected chi connectivity index (χ2v) is 5.90. The van der Waals surface area contributed by atoms with Gasteiger partial charge in [-0.3, -0.25) is 4.79 Å². The first-order chi connectivity index (χ1) is 11.0. The molecule has 0 aliphatic rings. The Labute approximate surface area is 142 Å². The van der Waals surface area contributed by atoms with Gasteiger partial charge in [0.15, 0.2) is 5.11 Å². The maximum absolute atomic E-state index is 12.1. The highest BCUT2D eigenvalue weighted by atomic mass is 32.1. The molecule has 4 nitrogen and oxygen atoms in total. The lowest BCUT2D eigenvalue weighted by molar-refractivity contribution is -0.115. The van der Waals surface area contributed by atoms with Crippen LogP contribution in [-0.4, -0.2) is 17.6 Å². The summed E-state index contributed by atoms with van der Waals surface area (Å²) in [7, 11) is 0. The van der Waals surface area contributed by atoms with Crippen molar-refractivity contribution >= 4 is 34.6 Å². The zero-order valence-corrected chi connectivity index (χ0v) is 14.4. The minimum absolute atomic E-state index is 0.116. The summed E-state index contributed by atoms with van der Waals surface area (Å²) in [4.78, 5) is 12.1. The molecule has 120 valence electrons. The van der Waals surface area contributed by atoms with Crippen LogP contribution < -0.4 is 16.0 Å². The molecule has 0 radical (unpaired) electrons. The highest BCUT2D eigenvalue weighted by Crippen LogP contribution is 2.19. The van der Waals surface area contributed by atoms with Gasteiger partial charge in [-0.2, -0.15) is 0 Å². The van der Waals surface area contributed by atoms with Gasteiger partial charge in [0.05, 0.1) is 6.54 Å². The molecule has 0 atom stereocenters. The first-order valence-corrected chi connectivity index (χ1v) is 7.84. The normalized spacial score (nSPS) is 10.0. The van der Waals surface area contributed by atoms with Crippen molar-refractivity contribution in [1.29, 1.82) is 0 Å². The van der Waals surface area contributed by atoms with Crippen molar-refractivity contribution < 1.29 is 4.79 Å². The molecule has 1 amide bonds. The number of thiocarbonyl (C=S) groups is 1. The lowest BCUT2D eigenvalue weighted by Crippen LogP contribution is -2.35. The second-order valence-electron chi connectivity index (χ2n) is 5.49. The molecule has 0 spiro atoms. The standard InChI is InChI=1S/C18H21N3OS/c1-12-6-4-9-15(10-12)20-18(23)19-11-16(22)21-17-13(2)7-5-8-14(17)3/h4-10H,11H2,1-3H3,(H,21,22)(H2,19,20,23). The van der Waals surface area contributed by atoms with E-state index >= 15 is 0 Å². The van der Waals surface area contributed by atoms with E-state index < -0.39 is 0 Å². The number of amides is 1. The highest BCUT2D eigenvalue weighted by Gasteiger charge is 2.07. The van der Waals surface area contributed by atoms with E-state index in [0.717, 1.165) is 28.1 Å². The third kappa shape index (κ3) is 5.07. The number of hydrogen-bond donors (Lipinski definition) is 3. The summed E-state index contributed by atoms with van der Waals surface area (Å²) < 4.78 is 0. The summed E-state index contributed by atoms with van der Waals surface area (Å²) >= 11 is 5.21. The molecule has 0 fully saturated rings. The molecule has 0 aliphatic heterocycles. The van der Waals surface area contributed by atoms with Crippen LogP contribution in [0.2, 0.25) is 0 Å². The Balaban J connectivity index is 1.85. The molecule has 0 aliphatic carbocycles. The Bertz CT molecular complexity index is 708. The summed E-state index contributed by atoms with van der Waals surface area (Å²) in [6.07, 6.45) is 0. The van der Waals surface area contributed by atoms with Gasteiger partial charge in [0.1, 0.15) is 0 Å². The number of nitrogens with one attached hydrogen (secondary N) is 3. The number of carbonyl (C=O) groups is 1. The fourth-order valence-electron chi connectivity index (χ4n) is 2.25.